The standard InChI is InChI=1S/C13H12ClN3O3/c1-7-5-8(14)6-10(12(7)20-2)15-13(19)9-3-4-11(18)17-16-9/h3-6H,1-2H3,(H,15,19)(H,17,18). The number of aromatic amines is 1. The van der Waals surface area contributed by atoms with Gasteiger partial charge in [0.25, 0.3) is 11.5 Å². The van der Waals surface area contributed by atoms with Gasteiger partial charge >= 0.3 is 0 Å². The number of hydrogen-bond acceptors (Lipinski definition) is 4. The molecule has 1 aromatic carbocycles. The summed E-state index contributed by atoms with van der Waals surface area (Å²) in [6, 6.07) is 5.87. The monoisotopic (exact) mass is 293 g/mol. The summed E-state index contributed by atoms with van der Waals surface area (Å²) in [7, 11) is 1.50. The fourth-order valence-electron chi connectivity index (χ4n) is 1.75. The van der Waals surface area contributed by atoms with Crippen LogP contribution in [0.15, 0.2) is 29.1 Å². The molecule has 0 aliphatic carbocycles. The van der Waals surface area contributed by atoms with Crippen LogP contribution in [0.4, 0.5) is 5.69 Å². The number of nitrogens with one attached hydrogen (secondary N) is 2. The summed E-state index contributed by atoms with van der Waals surface area (Å²) in [6.07, 6.45) is 0. The van der Waals surface area contributed by atoms with Crippen LogP contribution in [-0.4, -0.2) is 23.2 Å². The lowest BCUT2D eigenvalue weighted by atomic mass is 10.2. The number of nitrogens with zero attached hydrogens (tertiary/aromatic N) is 1. The average Bonchev–Trinajstić information content (AvgIpc) is 2.39. The predicted octanol–water partition coefficient (Wildman–Crippen LogP) is 1.99. The highest BCUT2D eigenvalue weighted by atomic mass is 35.5. The Bertz CT molecular complexity index is 692. The molecule has 6 nitrogen and oxygen atoms in total. The highest BCUT2D eigenvalue weighted by molar-refractivity contribution is 6.31. The molecule has 1 heterocycles. The molecule has 20 heavy (non-hydrogen) atoms. The van der Waals surface area contributed by atoms with Crippen molar-refractivity contribution in [2.24, 2.45) is 0 Å². The number of halogens is 1. The third-order valence-electron chi connectivity index (χ3n) is 2.60. The van der Waals surface area contributed by atoms with E-state index in [4.69, 9.17) is 16.3 Å². The maximum atomic E-state index is 12.0. The number of benzene rings is 1. The lowest BCUT2D eigenvalue weighted by Crippen LogP contribution is -2.18. The van der Waals surface area contributed by atoms with Crippen LogP contribution in [0.3, 0.4) is 0 Å². The van der Waals surface area contributed by atoms with Gasteiger partial charge in [-0.2, -0.15) is 5.10 Å². The van der Waals surface area contributed by atoms with E-state index in [-0.39, 0.29) is 11.3 Å². The molecule has 104 valence electrons. The van der Waals surface area contributed by atoms with E-state index in [2.05, 4.69) is 15.5 Å². The van der Waals surface area contributed by atoms with Gasteiger partial charge in [-0.15, -0.1) is 0 Å². The van der Waals surface area contributed by atoms with Gasteiger partial charge in [-0.05, 0) is 30.7 Å². The molecule has 0 aliphatic rings. The Morgan fingerprint density at radius 1 is 1.40 bits per heavy atom. The first-order valence-electron chi connectivity index (χ1n) is 5.72. The zero-order chi connectivity index (χ0) is 14.7. The summed E-state index contributed by atoms with van der Waals surface area (Å²) in [5, 5.41) is 8.97. The van der Waals surface area contributed by atoms with Crippen LogP contribution in [0.1, 0.15) is 16.1 Å². The third kappa shape index (κ3) is 2.97. The van der Waals surface area contributed by atoms with Gasteiger partial charge in [0, 0.05) is 11.1 Å². The number of carbonyl (C=O) groups excluding carboxylic acids is 1. The molecule has 7 heteroatoms. The minimum atomic E-state index is -0.471. The number of amides is 1. The summed E-state index contributed by atoms with van der Waals surface area (Å²) >= 11 is 5.96. The van der Waals surface area contributed by atoms with Gasteiger partial charge in [-0.1, -0.05) is 11.6 Å². The van der Waals surface area contributed by atoms with Crippen molar-refractivity contribution in [1.29, 1.82) is 0 Å². The smallest absolute Gasteiger partial charge is 0.276 e. The number of methoxy groups -OCH3 is 1. The summed E-state index contributed by atoms with van der Waals surface area (Å²) in [5.74, 6) is 0.0494. The van der Waals surface area contributed by atoms with Crippen LogP contribution in [0.2, 0.25) is 5.02 Å². The number of hydrogen-bond donors (Lipinski definition) is 2. The second kappa shape index (κ2) is 5.75. The molecule has 0 saturated carbocycles. The van der Waals surface area contributed by atoms with Gasteiger partial charge < -0.3 is 10.1 Å². The fraction of sp³-hybridized carbons (Fsp3) is 0.154. The lowest BCUT2D eigenvalue weighted by Gasteiger charge is -2.12. The van der Waals surface area contributed by atoms with Gasteiger partial charge in [0.1, 0.15) is 11.4 Å². The Morgan fingerprint density at radius 2 is 2.15 bits per heavy atom. The van der Waals surface area contributed by atoms with Crippen LogP contribution in [0.25, 0.3) is 0 Å². The van der Waals surface area contributed by atoms with Crippen molar-refractivity contribution in [1.82, 2.24) is 10.2 Å². The van der Waals surface area contributed by atoms with Crippen molar-refractivity contribution in [2.45, 2.75) is 6.92 Å². The van der Waals surface area contributed by atoms with E-state index in [9.17, 15) is 9.59 Å². The minimum absolute atomic E-state index is 0.0873. The number of aryl methyl sites for hydroxylation is 1. The van der Waals surface area contributed by atoms with E-state index < -0.39 is 5.91 Å². The molecule has 1 aromatic heterocycles. The third-order valence-corrected chi connectivity index (χ3v) is 2.82. The van der Waals surface area contributed by atoms with Gasteiger partial charge in [0.15, 0.2) is 0 Å². The van der Waals surface area contributed by atoms with E-state index in [1.165, 1.54) is 19.2 Å². The van der Waals surface area contributed by atoms with Crippen LogP contribution in [0, 0.1) is 6.92 Å². The normalized spacial score (nSPS) is 10.2. The topological polar surface area (TPSA) is 84.1 Å². The van der Waals surface area contributed by atoms with Crippen LogP contribution < -0.4 is 15.6 Å². The van der Waals surface area contributed by atoms with Gasteiger partial charge in [0.05, 0.1) is 12.8 Å². The van der Waals surface area contributed by atoms with Crippen molar-refractivity contribution >= 4 is 23.2 Å². The number of anilines is 1. The van der Waals surface area contributed by atoms with Crippen molar-refractivity contribution in [3.8, 4) is 5.75 Å². The molecule has 2 rings (SSSR count). The number of carbonyl (C=O) groups is 1. The van der Waals surface area contributed by atoms with Gasteiger partial charge in [-0.3, -0.25) is 9.59 Å². The molecule has 0 atom stereocenters. The molecule has 0 spiro atoms. The molecule has 1 amide bonds. The number of ether oxygens (including phenoxy) is 1. The first-order chi connectivity index (χ1) is 9.51. The Labute approximate surface area is 119 Å². The summed E-state index contributed by atoms with van der Waals surface area (Å²) < 4.78 is 5.24. The Morgan fingerprint density at radius 3 is 2.75 bits per heavy atom. The summed E-state index contributed by atoms with van der Waals surface area (Å²) in [5.41, 5.74) is 0.947. The zero-order valence-corrected chi connectivity index (χ0v) is 11.6. The number of aromatic nitrogens is 2. The minimum Gasteiger partial charge on any atom is -0.494 e. The number of rotatable bonds is 3. The van der Waals surface area contributed by atoms with Crippen molar-refractivity contribution in [2.75, 3.05) is 12.4 Å². The second-order valence-corrected chi connectivity index (χ2v) is 4.50. The largest absolute Gasteiger partial charge is 0.494 e. The SMILES string of the molecule is COc1c(C)cc(Cl)cc1NC(=O)c1ccc(=O)[nH]n1. The van der Waals surface area contributed by atoms with E-state index in [1.807, 2.05) is 6.92 Å². The Hall–Kier alpha value is -2.34. The molecule has 0 radical (unpaired) electrons. The molecule has 0 bridgehead atoms. The molecular weight excluding hydrogens is 282 g/mol. The van der Waals surface area contributed by atoms with Crippen molar-refractivity contribution in [3.05, 3.63) is 50.9 Å². The average molecular weight is 294 g/mol. The maximum absolute atomic E-state index is 12.0. The zero-order valence-electron chi connectivity index (χ0n) is 10.9. The summed E-state index contributed by atoms with van der Waals surface area (Å²) in [6.45, 7) is 1.82. The number of H-pyrrole nitrogens is 1. The van der Waals surface area contributed by atoms with Crippen molar-refractivity contribution in [3.63, 3.8) is 0 Å². The Kier molecular flexibility index (Phi) is 4.05. The molecular formula is C13H12ClN3O3. The van der Waals surface area contributed by atoms with Crippen molar-refractivity contribution < 1.29 is 9.53 Å². The van der Waals surface area contributed by atoms with Crippen LogP contribution in [-0.2, 0) is 0 Å². The lowest BCUT2D eigenvalue weighted by molar-refractivity contribution is 0.102. The van der Waals surface area contributed by atoms with Crippen LogP contribution in [0.5, 0.6) is 5.75 Å². The highest BCUT2D eigenvalue weighted by Gasteiger charge is 2.13. The predicted molar refractivity (Wildman–Crippen MR) is 75.6 cm³/mol. The molecule has 2 aromatic rings. The molecule has 0 fully saturated rings. The molecule has 0 aliphatic heterocycles. The first-order valence-corrected chi connectivity index (χ1v) is 6.10. The van der Waals surface area contributed by atoms with Gasteiger partial charge in [-0.25, -0.2) is 5.10 Å². The maximum Gasteiger partial charge on any atom is 0.276 e. The Balaban J connectivity index is 2.32. The quantitative estimate of drug-likeness (QED) is 0.906. The summed E-state index contributed by atoms with van der Waals surface area (Å²) in [4.78, 5) is 22.9. The first kappa shape index (κ1) is 14.1. The van der Waals surface area contributed by atoms with E-state index in [0.717, 1.165) is 5.56 Å². The van der Waals surface area contributed by atoms with Gasteiger partial charge in [0.2, 0.25) is 0 Å². The van der Waals surface area contributed by atoms with E-state index >= 15 is 0 Å². The van der Waals surface area contributed by atoms with E-state index in [1.54, 1.807) is 12.1 Å². The van der Waals surface area contributed by atoms with Crippen LogP contribution >= 0.6 is 11.6 Å². The highest BCUT2D eigenvalue weighted by Crippen LogP contribution is 2.32. The molecule has 0 unspecified atom stereocenters. The van der Waals surface area contributed by atoms with E-state index in [0.29, 0.717) is 16.5 Å². The molecule has 0 saturated heterocycles. The second-order valence-electron chi connectivity index (χ2n) is 4.06. The fourth-order valence-corrected chi connectivity index (χ4v) is 2.02. The molecule has 2 N–H and O–H groups in total.